The first kappa shape index (κ1) is 35.4. The SMILES string of the molecule is CC(C)(C)OC(=O)C(OC(=O)Oc1ccc(C[C@@H](NC(=O)OCC2c3ccccc3-c3ccccc32)C(=O)O)cc1)c1ccccc1N([O-])O. The summed E-state index contributed by atoms with van der Waals surface area (Å²) in [6.45, 7) is 4.82. The Morgan fingerprint density at radius 3 is 2.02 bits per heavy atom. The van der Waals surface area contributed by atoms with E-state index in [1.54, 1.807) is 20.8 Å². The van der Waals surface area contributed by atoms with Gasteiger partial charge in [-0.3, -0.25) is 5.21 Å². The van der Waals surface area contributed by atoms with E-state index in [0.29, 0.717) is 5.56 Å². The van der Waals surface area contributed by atoms with Crippen LogP contribution in [0, 0.1) is 5.21 Å². The molecule has 5 rings (SSSR count). The first-order chi connectivity index (χ1) is 23.8. The molecule has 4 aromatic rings. The van der Waals surface area contributed by atoms with Crippen LogP contribution in [-0.4, -0.2) is 52.8 Å². The van der Waals surface area contributed by atoms with E-state index in [2.05, 4.69) is 5.32 Å². The van der Waals surface area contributed by atoms with Crippen molar-refractivity contribution < 1.29 is 48.4 Å². The van der Waals surface area contributed by atoms with Gasteiger partial charge in [0.05, 0.1) is 5.69 Å². The number of amides is 1. The van der Waals surface area contributed by atoms with Crippen LogP contribution in [0.15, 0.2) is 97.1 Å². The van der Waals surface area contributed by atoms with Crippen LogP contribution in [0.5, 0.6) is 5.75 Å². The molecule has 0 heterocycles. The van der Waals surface area contributed by atoms with Gasteiger partial charge in [-0.1, -0.05) is 78.9 Å². The van der Waals surface area contributed by atoms with E-state index in [1.807, 2.05) is 48.5 Å². The van der Waals surface area contributed by atoms with Gasteiger partial charge in [-0.2, -0.15) is 0 Å². The van der Waals surface area contributed by atoms with Crippen LogP contribution in [0.4, 0.5) is 15.3 Å². The van der Waals surface area contributed by atoms with Gasteiger partial charge in [-0.25, -0.2) is 19.2 Å². The summed E-state index contributed by atoms with van der Waals surface area (Å²) < 4.78 is 21.3. The summed E-state index contributed by atoms with van der Waals surface area (Å²) in [4.78, 5) is 50.5. The molecule has 1 amide bonds. The maximum Gasteiger partial charge on any atom is 0.515 e. The van der Waals surface area contributed by atoms with Crippen LogP contribution in [-0.2, 0) is 30.2 Å². The van der Waals surface area contributed by atoms with E-state index in [-0.39, 0.29) is 35.9 Å². The van der Waals surface area contributed by atoms with Crippen molar-refractivity contribution >= 4 is 29.9 Å². The third kappa shape index (κ3) is 8.56. The maximum absolute atomic E-state index is 13.0. The molecule has 0 fully saturated rings. The minimum Gasteiger partial charge on any atom is -0.733 e. The number of alkyl carbamates (subject to hydrolysis) is 1. The zero-order valence-electron chi connectivity index (χ0n) is 27.4. The van der Waals surface area contributed by atoms with Crippen molar-refractivity contribution in [1.29, 1.82) is 0 Å². The van der Waals surface area contributed by atoms with Gasteiger partial charge in [0.1, 0.15) is 24.0 Å². The number of carboxylic acid groups (broad SMARTS) is 1. The van der Waals surface area contributed by atoms with Crippen LogP contribution < -0.4 is 15.3 Å². The molecule has 0 spiro atoms. The number of para-hydroxylation sites is 1. The second-order valence-corrected chi connectivity index (χ2v) is 12.4. The maximum atomic E-state index is 13.0. The molecule has 1 unspecified atom stereocenters. The Kier molecular flexibility index (Phi) is 10.7. The van der Waals surface area contributed by atoms with Gasteiger partial charge < -0.3 is 39.8 Å². The number of nitrogens with one attached hydrogen (secondary N) is 1. The Morgan fingerprint density at radius 1 is 0.860 bits per heavy atom. The third-order valence-corrected chi connectivity index (χ3v) is 7.76. The van der Waals surface area contributed by atoms with E-state index in [0.717, 1.165) is 22.3 Å². The van der Waals surface area contributed by atoms with Crippen LogP contribution in [0.3, 0.4) is 0 Å². The molecule has 0 aliphatic heterocycles. The molecule has 13 heteroatoms. The molecule has 50 heavy (non-hydrogen) atoms. The summed E-state index contributed by atoms with van der Waals surface area (Å²) in [5.74, 6) is -2.50. The number of hydrogen-bond acceptors (Lipinski definition) is 11. The second-order valence-electron chi connectivity index (χ2n) is 12.4. The highest BCUT2D eigenvalue weighted by Crippen LogP contribution is 2.44. The fraction of sp³-hybridized carbons (Fsp3) is 0.243. The average molecular weight is 684 g/mol. The van der Waals surface area contributed by atoms with Gasteiger partial charge in [0, 0.05) is 17.9 Å². The predicted octanol–water partition coefficient (Wildman–Crippen LogP) is 6.51. The fourth-order valence-corrected chi connectivity index (χ4v) is 5.61. The lowest BCUT2D eigenvalue weighted by atomic mass is 9.98. The zero-order valence-corrected chi connectivity index (χ0v) is 27.4. The minimum absolute atomic E-state index is 0.0149. The Hall–Kier alpha value is -5.92. The Balaban J connectivity index is 1.19. The van der Waals surface area contributed by atoms with Crippen LogP contribution in [0.2, 0.25) is 0 Å². The number of carbonyl (C=O) groups is 4. The van der Waals surface area contributed by atoms with Crippen LogP contribution in [0.1, 0.15) is 55.0 Å². The lowest BCUT2D eigenvalue weighted by Gasteiger charge is -2.28. The third-order valence-electron chi connectivity index (χ3n) is 7.76. The molecular weight excluding hydrogens is 648 g/mol. The van der Waals surface area contributed by atoms with Crippen molar-refractivity contribution in [2.24, 2.45) is 0 Å². The van der Waals surface area contributed by atoms with Gasteiger partial charge in [-0.15, -0.1) is 0 Å². The molecule has 1 aliphatic rings. The summed E-state index contributed by atoms with van der Waals surface area (Å²) in [6, 6.07) is 25.5. The number of esters is 1. The number of nitrogens with zero attached hydrogens (tertiary/aromatic N) is 1. The standard InChI is InChI=1S/C37H35N2O11/c1-37(2,3)50-34(42)32(28-14-8-9-15-31(28)39(45)46)49-36(44)48-23-18-16-22(17-19-23)20-30(33(40)41)38-35(43)47-21-29-26-12-6-4-10-24(26)25-11-5-7-13-27(25)29/h4-19,29-30,32,45H,20-21H2,1-3H3,(H,38,43)(H,40,41)/q-1/t30-,32?/m1/s1. The monoisotopic (exact) mass is 683 g/mol. The molecule has 4 aromatic carbocycles. The Bertz CT molecular complexity index is 1820. The Morgan fingerprint density at radius 2 is 1.44 bits per heavy atom. The number of carboxylic acids is 1. The number of anilines is 1. The van der Waals surface area contributed by atoms with E-state index in [1.165, 1.54) is 48.5 Å². The molecule has 0 saturated heterocycles. The largest absolute Gasteiger partial charge is 0.733 e. The second kappa shape index (κ2) is 15.1. The Labute approximate surface area is 287 Å². The number of aliphatic carboxylic acids is 1. The van der Waals surface area contributed by atoms with Crippen molar-refractivity contribution in [1.82, 2.24) is 5.32 Å². The van der Waals surface area contributed by atoms with Crippen molar-refractivity contribution in [3.05, 3.63) is 125 Å². The molecule has 260 valence electrons. The van der Waals surface area contributed by atoms with E-state index in [9.17, 15) is 34.7 Å². The van der Waals surface area contributed by atoms with E-state index in [4.69, 9.17) is 18.9 Å². The quantitative estimate of drug-likeness (QED) is 0.0675. The molecule has 1 aliphatic carbocycles. The van der Waals surface area contributed by atoms with Gasteiger partial charge in [-0.05, 0) is 66.8 Å². The molecule has 13 nitrogen and oxygen atoms in total. The summed E-state index contributed by atoms with van der Waals surface area (Å²) in [7, 11) is 0. The zero-order chi connectivity index (χ0) is 36.0. The van der Waals surface area contributed by atoms with Crippen LogP contribution in [0.25, 0.3) is 11.1 Å². The van der Waals surface area contributed by atoms with Crippen molar-refractivity contribution in [2.75, 3.05) is 11.8 Å². The van der Waals surface area contributed by atoms with Crippen molar-refractivity contribution in [2.45, 2.75) is 50.9 Å². The minimum atomic E-state index is -1.76. The van der Waals surface area contributed by atoms with Gasteiger partial charge >= 0.3 is 24.2 Å². The van der Waals surface area contributed by atoms with Gasteiger partial charge in [0.25, 0.3) is 0 Å². The number of rotatable bonds is 11. The highest BCUT2D eigenvalue weighted by atomic mass is 16.8. The lowest BCUT2D eigenvalue weighted by molar-refractivity contribution is -0.166. The molecular formula is C37H35N2O11-. The number of fused-ring (bicyclic) bond motifs is 3. The summed E-state index contributed by atoms with van der Waals surface area (Å²) >= 11 is 0. The summed E-state index contributed by atoms with van der Waals surface area (Å²) in [5.41, 5.74) is 3.18. The van der Waals surface area contributed by atoms with Crippen molar-refractivity contribution in [3.63, 3.8) is 0 Å². The highest BCUT2D eigenvalue weighted by molar-refractivity contribution is 5.83. The number of ether oxygens (including phenoxy) is 4. The predicted molar refractivity (Wildman–Crippen MR) is 180 cm³/mol. The molecule has 2 atom stereocenters. The summed E-state index contributed by atoms with van der Waals surface area (Å²) in [6.07, 6.45) is -4.08. The first-order valence-corrected chi connectivity index (χ1v) is 15.6. The molecule has 0 aromatic heterocycles. The lowest BCUT2D eigenvalue weighted by Crippen LogP contribution is -2.42. The highest BCUT2D eigenvalue weighted by Gasteiger charge is 2.33. The first-order valence-electron chi connectivity index (χ1n) is 15.6. The smallest absolute Gasteiger partial charge is 0.515 e. The molecule has 0 bridgehead atoms. The topological polar surface area (TPSA) is 184 Å². The fourth-order valence-electron chi connectivity index (χ4n) is 5.61. The van der Waals surface area contributed by atoms with Gasteiger partial charge in [0.15, 0.2) is 0 Å². The van der Waals surface area contributed by atoms with Gasteiger partial charge in [0.2, 0.25) is 6.10 Å². The van der Waals surface area contributed by atoms with Crippen LogP contribution >= 0.6 is 0 Å². The number of hydrogen-bond donors (Lipinski definition) is 3. The average Bonchev–Trinajstić information content (AvgIpc) is 3.39. The molecule has 3 N–H and O–H groups in total. The van der Waals surface area contributed by atoms with Crippen molar-refractivity contribution in [3.8, 4) is 16.9 Å². The normalized spacial score (nSPS) is 13.2. The molecule has 0 radical (unpaired) electrons. The van der Waals surface area contributed by atoms with E-state index >= 15 is 0 Å². The number of carbonyl (C=O) groups excluding carboxylic acids is 3. The number of benzene rings is 4. The molecule has 0 saturated carbocycles. The van der Waals surface area contributed by atoms with E-state index < -0.39 is 47.2 Å². The summed E-state index contributed by atoms with van der Waals surface area (Å²) in [5, 5.41) is 33.0.